The van der Waals surface area contributed by atoms with Gasteiger partial charge in [-0.3, -0.25) is 0 Å². The average molecular weight is 340 g/mol. The van der Waals surface area contributed by atoms with Crippen LogP contribution in [-0.4, -0.2) is 44.2 Å². The average Bonchev–Trinajstić information content (AvgIpc) is 2.47. The molecule has 1 aromatic rings. The zero-order valence-electron chi connectivity index (χ0n) is 12.8. The van der Waals surface area contributed by atoms with Gasteiger partial charge in [-0.2, -0.15) is 0 Å². The monoisotopic (exact) mass is 339 g/mol. The third-order valence-corrected chi connectivity index (χ3v) is 4.62. The van der Waals surface area contributed by atoms with Crippen LogP contribution in [0.1, 0.15) is 32.4 Å². The van der Waals surface area contributed by atoms with E-state index in [2.05, 4.69) is 70.0 Å². The number of piperazine rings is 1. The van der Waals surface area contributed by atoms with Gasteiger partial charge in [0.2, 0.25) is 0 Å². The summed E-state index contributed by atoms with van der Waals surface area (Å²) in [7, 11) is 0. The number of hydrogen-bond acceptors (Lipinski definition) is 3. The lowest BCUT2D eigenvalue weighted by atomic mass is 10.0. The summed E-state index contributed by atoms with van der Waals surface area (Å²) in [6.07, 6.45) is 0. The Morgan fingerprint density at radius 2 is 1.90 bits per heavy atom. The molecule has 1 aliphatic heterocycles. The zero-order chi connectivity index (χ0) is 14.5. The highest BCUT2D eigenvalue weighted by molar-refractivity contribution is 9.10. The van der Waals surface area contributed by atoms with Crippen molar-refractivity contribution in [2.24, 2.45) is 0 Å². The Bertz CT molecular complexity index is 428. The van der Waals surface area contributed by atoms with Crippen molar-refractivity contribution in [1.82, 2.24) is 10.2 Å². The molecule has 1 fully saturated rings. The molecule has 1 saturated heterocycles. The molecule has 20 heavy (non-hydrogen) atoms. The molecule has 3 nitrogen and oxygen atoms in total. The van der Waals surface area contributed by atoms with E-state index >= 15 is 0 Å². The van der Waals surface area contributed by atoms with Gasteiger partial charge in [0.1, 0.15) is 0 Å². The second-order valence-corrected chi connectivity index (χ2v) is 6.32. The highest BCUT2D eigenvalue weighted by atomic mass is 79.9. The van der Waals surface area contributed by atoms with Gasteiger partial charge in [-0.25, -0.2) is 0 Å². The summed E-state index contributed by atoms with van der Waals surface area (Å²) in [5.41, 5.74) is 2.78. The summed E-state index contributed by atoms with van der Waals surface area (Å²) >= 11 is 3.62. The molecule has 112 valence electrons. The van der Waals surface area contributed by atoms with Gasteiger partial charge in [0.25, 0.3) is 0 Å². The first-order valence-corrected chi connectivity index (χ1v) is 8.45. The summed E-state index contributed by atoms with van der Waals surface area (Å²) in [5, 5.41) is 3.53. The van der Waals surface area contributed by atoms with E-state index in [4.69, 9.17) is 0 Å². The predicted molar refractivity (Wildman–Crippen MR) is 90.6 cm³/mol. The van der Waals surface area contributed by atoms with Crippen LogP contribution in [0.4, 0.5) is 5.69 Å². The standard InChI is InChI=1S/C16H26BrN3/c1-4-18-13(3)15-7-6-14(17)12-16(15)20-10-8-19(5-2)9-11-20/h6-7,12-13,18H,4-5,8-11H2,1-3H3. The Balaban J connectivity index is 2.19. The van der Waals surface area contributed by atoms with Crippen LogP contribution in [0.25, 0.3) is 0 Å². The van der Waals surface area contributed by atoms with Crippen molar-refractivity contribution in [3.05, 3.63) is 28.2 Å². The van der Waals surface area contributed by atoms with Gasteiger partial charge in [-0.05, 0) is 37.7 Å². The fourth-order valence-corrected chi connectivity index (χ4v) is 3.23. The van der Waals surface area contributed by atoms with E-state index in [9.17, 15) is 0 Å². The van der Waals surface area contributed by atoms with Crippen LogP contribution < -0.4 is 10.2 Å². The van der Waals surface area contributed by atoms with Crippen molar-refractivity contribution < 1.29 is 0 Å². The van der Waals surface area contributed by atoms with Crippen molar-refractivity contribution in [1.29, 1.82) is 0 Å². The lowest BCUT2D eigenvalue weighted by molar-refractivity contribution is 0.271. The lowest BCUT2D eigenvalue weighted by Gasteiger charge is -2.37. The van der Waals surface area contributed by atoms with E-state index in [-0.39, 0.29) is 0 Å². The summed E-state index contributed by atoms with van der Waals surface area (Å²) in [4.78, 5) is 5.04. The Labute approximate surface area is 131 Å². The lowest BCUT2D eigenvalue weighted by Crippen LogP contribution is -2.46. The molecule has 4 heteroatoms. The molecule has 1 atom stereocenters. The molecule has 1 heterocycles. The van der Waals surface area contributed by atoms with Gasteiger partial charge in [0, 0.05) is 42.4 Å². The maximum atomic E-state index is 3.62. The quantitative estimate of drug-likeness (QED) is 0.888. The number of nitrogens with one attached hydrogen (secondary N) is 1. The van der Waals surface area contributed by atoms with Crippen molar-refractivity contribution in [3.8, 4) is 0 Å². The number of anilines is 1. The second-order valence-electron chi connectivity index (χ2n) is 5.40. The van der Waals surface area contributed by atoms with Crippen molar-refractivity contribution in [2.75, 3.05) is 44.2 Å². The van der Waals surface area contributed by atoms with Crippen LogP contribution in [0.15, 0.2) is 22.7 Å². The highest BCUT2D eigenvalue weighted by Crippen LogP contribution is 2.30. The first kappa shape index (κ1) is 15.8. The van der Waals surface area contributed by atoms with Crippen molar-refractivity contribution in [3.63, 3.8) is 0 Å². The smallest absolute Gasteiger partial charge is 0.0426 e. The number of likely N-dealkylation sites (N-methyl/N-ethyl adjacent to an activating group) is 1. The summed E-state index contributed by atoms with van der Waals surface area (Å²) in [5.74, 6) is 0. The first-order chi connectivity index (χ1) is 9.65. The van der Waals surface area contributed by atoms with E-state index in [0.29, 0.717) is 6.04 Å². The predicted octanol–water partition coefficient (Wildman–Crippen LogP) is 3.26. The SMILES string of the molecule is CCNC(C)c1ccc(Br)cc1N1CCN(CC)CC1. The number of nitrogens with zero attached hydrogens (tertiary/aromatic N) is 2. The van der Waals surface area contributed by atoms with Crippen LogP contribution in [0.5, 0.6) is 0 Å². The second kappa shape index (κ2) is 7.43. The molecule has 0 spiro atoms. The third kappa shape index (κ3) is 3.74. The zero-order valence-corrected chi connectivity index (χ0v) is 14.4. The van der Waals surface area contributed by atoms with Gasteiger partial charge >= 0.3 is 0 Å². The number of benzene rings is 1. The maximum absolute atomic E-state index is 3.62. The van der Waals surface area contributed by atoms with E-state index < -0.39 is 0 Å². The summed E-state index contributed by atoms with van der Waals surface area (Å²) < 4.78 is 1.16. The Morgan fingerprint density at radius 3 is 2.50 bits per heavy atom. The molecule has 1 aromatic carbocycles. The van der Waals surface area contributed by atoms with Gasteiger partial charge in [-0.15, -0.1) is 0 Å². The summed E-state index contributed by atoms with van der Waals surface area (Å²) in [6, 6.07) is 7.06. The minimum Gasteiger partial charge on any atom is -0.369 e. The fraction of sp³-hybridized carbons (Fsp3) is 0.625. The Hall–Kier alpha value is -0.580. The van der Waals surface area contributed by atoms with Crippen LogP contribution in [-0.2, 0) is 0 Å². The molecular formula is C16H26BrN3. The molecule has 0 radical (unpaired) electrons. The maximum Gasteiger partial charge on any atom is 0.0426 e. The van der Waals surface area contributed by atoms with E-state index in [1.54, 1.807) is 0 Å². The molecule has 0 aromatic heterocycles. The Kier molecular flexibility index (Phi) is 5.87. The van der Waals surface area contributed by atoms with Crippen LogP contribution >= 0.6 is 15.9 Å². The largest absolute Gasteiger partial charge is 0.369 e. The van der Waals surface area contributed by atoms with Gasteiger partial charge in [0.15, 0.2) is 0 Å². The molecule has 0 aliphatic carbocycles. The molecular weight excluding hydrogens is 314 g/mol. The molecule has 1 N–H and O–H groups in total. The van der Waals surface area contributed by atoms with Gasteiger partial charge in [-0.1, -0.05) is 35.8 Å². The van der Waals surface area contributed by atoms with E-state index in [0.717, 1.165) is 43.7 Å². The molecule has 2 rings (SSSR count). The molecule has 0 bridgehead atoms. The summed E-state index contributed by atoms with van der Waals surface area (Å²) in [6.45, 7) is 13.4. The first-order valence-electron chi connectivity index (χ1n) is 7.65. The van der Waals surface area contributed by atoms with Crippen LogP contribution in [0, 0.1) is 0 Å². The third-order valence-electron chi connectivity index (χ3n) is 4.13. The van der Waals surface area contributed by atoms with Crippen LogP contribution in [0.2, 0.25) is 0 Å². The topological polar surface area (TPSA) is 18.5 Å². The normalized spacial score (nSPS) is 18.3. The Morgan fingerprint density at radius 1 is 1.20 bits per heavy atom. The minimum atomic E-state index is 0.396. The molecule has 0 saturated carbocycles. The number of rotatable bonds is 5. The molecule has 0 amide bonds. The molecule has 1 unspecified atom stereocenters. The molecule has 1 aliphatic rings. The number of halogens is 1. The van der Waals surface area contributed by atoms with Gasteiger partial charge in [0.05, 0.1) is 0 Å². The van der Waals surface area contributed by atoms with E-state index in [1.165, 1.54) is 11.3 Å². The van der Waals surface area contributed by atoms with Crippen molar-refractivity contribution in [2.45, 2.75) is 26.8 Å². The number of hydrogen-bond donors (Lipinski definition) is 1. The van der Waals surface area contributed by atoms with Gasteiger partial charge < -0.3 is 15.1 Å². The minimum absolute atomic E-state index is 0.396. The van der Waals surface area contributed by atoms with Crippen molar-refractivity contribution >= 4 is 21.6 Å². The van der Waals surface area contributed by atoms with E-state index in [1.807, 2.05) is 0 Å². The highest BCUT2D eigenvalue weighted by Gasteiger charge is 2.20. The van der Waals surface area contributed by atoms with Crippen LogP contribution in [0.3, 0.4) is 0 Å². The fourth-order valence-electron chi connectivity index (χ4n) is 2.88.